The molecule has 1 radical (unpaired) electrons. The Balaban J connectivity index is 0.000000188. The van der Waals surface area contributed by atoms with Crippen LogP contribution < -0.4 is 5.19 Å². The summed E-state index contributed by atoms with van der Waals surface area (Å²) in [6, 6.07) is 43.7. The standard InChI is InChI=1S/C27H19N2O.C17H22NSi.Ir/c1-17-9-7-10-18(2)25(17)29-23-15-5-4-14-22(23)28-27(29)21-13-8-12-20-19-11-3-6-16-24(19)30-26(20)21;1-13(2)14-6-8-15(9-7-14)17-11-10-16(12-18-17)19(3,4)5;/h3-12,14-16H,1-2H3;6-8,10-13H,1-5H3;/q2*-1;/i;13D;. The van der Waals surface area contributed by atoms with Crippen molar-refractivity contribution in [1.82, 2.24) is 14.5 Å². The number of rotatable bonds is 5. The molecule has 0 unspecified atom stereocenters. The summed E-state index contributed by atoms with van der Waals surface area (Å²) in [5.74, 6) is 0.266. The Kier molecular flexibility index (Phi) is 9.70. The predicted molar refractivity (Wildman–Crippen MR) is 208 cm³/mol. The van der Waals surface area contributed by atoms with Crippen LogP contribution in [0.1, 0.15) is 37.8 Å². The van der Waals surface area contributed by atoms with E-state index < -0.39 is 14.0 Å². The van der Waals surface area contributed by atoms with Crippen LogP contribution in [0, 0.1) is 26.0 Å². The second kappa shape index (κ2) is 14.3. The van der Waals surface area contributed by atoms with Crippen LogP contribution >= 0.6 is 0 Å². The molecule has 0 saturated carbocycles. The molecule has 0 spiro atoms. The zero-order chi connectivity index (χ0) is 35.2. The van der Waals surface area contributed by atoms with Crippen LogP contribution in [-0.2, 0) is 20.1 Å². The molecule has 8 rings (SSSR count). The monoisotopic (exact) mass is 849 g/mol. The van der Waals surface area contributed by atoms with E-state index in [1.807, 2.05) is 68.6 Å². The van der Waals surface area contributed by atoms with Gasteiger partial charge in [0, 0.05) is 38.7 Å². The molecular weight excluding hydrogens is 807 g/mol. The number of furan rings is 1. The largest absolute Gasteiger partial charge is 0.501 e. The van der Waals surface area contributed by atoms with Gasteiger partial charge in [-0.3, -0.25) is 4.98 Å². The Morgan fingerprint density at radius 2 is 1.54 bits per heavy atom. The van der Waals surface area contributed by atoms with Crippen molar-refractivity contribution in [3.05, 3.63) is 144 Å². The van der Waals surface area contributed by atoms with Gasteiger partial charge in [0.25, 0.3) is 0 Å². The minimum Gasteiger partial charge on any atom is -0.501 e. The average Bonchev–Trinajstić information content (AvgIpc) is 3.67. The maximum absolute atomic E-state index is 8.01. The van der Waals surface area contributed by atoms with Gasteiger partial charge in [0.05, 0.1) is 30.5 Å². The Morgan fingerprint density at radius 1 is 0.800 bits per heavy atom. The van der Waals surface area contributed by atoms with Crippen molar-refractivity contribution < 1.29 is 25.9 Å². The van der Waals surface area contributed by atoms with Crippen molar-refractivity contribution in [3.8, 4) is 28.3 Å². The second-order valence-corrected chi connectivity index (χ2v) is 18.9. The zero-order valence-corrected chi connectivity index (χ0v) is 32.9. The molecule has 0 amide bonds. The van der Waals surface area contributed by atoms with Crippen LogP contribution in [0.5, 0.6) is 0 Å². The first kappa shape index (κ1) is 33.9. The minimum atomic E-state index is -1.29. The van der Waals surface area contributed by atoms with Crippen molar-refractivity contribution in [2.24, 2.45) is 0 Å². The first-order valence-electron chi connectivity index (χ1n) is 17.3. The Labute approximate surface area is 311 Å². The molecule has 8 aromatic rings. The Bertz CT molecular complexity index is 2390. The minimum absolute atomic E-state index is 0. The van der Waals surface area contributed by atoms with Gasteiger partial charge in [0.1, 0.15) is 5.58 Å². The number of imidazole rings is 1. The third-order valence-corrected chi connectivity index (χ3v) is 11.1. The maximum Gasteiger partial charge on any atom is 0.120 e. The van der Waals surface area contributed by atoms with Gasteiger partial charge >= 0.3 is 0 Å². The number of fused-ring (bicyclic) bond motifs is 4. The Morgan fingerprint density at radius 3 is 2.22 bits per heavy atom. The molecular formula is C44H41IrN3OSi-2. The van der Waals surface area contributed by atoms with Crippen LogP contribution in [-0.4, -0.2) is 22.6 Å². The molecule has 0 aliphatic heterocycles. The number of nitrogens with zero attached hydrogens (tertiary/aromatic N) is 3. The van der Waals surface area contributed by atoms with Crippen molar-refractivity contribution >= 4 is 46.2 Å². The van der Waals surface area contributed by atoms with Gasteiger partial charge in [-0.25, -0.2) is 0 Å². The summed E-state index contributed by atoms with van der Waals surface area (Å²) in [6.07, 6.45) is 2.00. The van der Waals surface area contributed by atoms with Crippen LogP contribution in [0.2, 0.25) is 19.6 Å². The normalized spacial score (nSPS) is 12.0. The fraction of sp³-hybridized carbons (Fsp3) is 0.182. The number of aryl methyl sites for hydroxylation is 2. The molecule has 0 saturated heterocycles. The molecule has 3 aromatic heterocycles. The number of aromatic nitrogens is 3. The summed E-state index contributed by atoms with van der Waals surface area (Å²) in [5.41, 5.74) is 11.1. The zero-order valence-electron chi connectivity index (χ0n) is 30.6. The van der Waals surface area contributed by atoms with Gasteiger partial charge in [-0.1, -0.05) is 111 Å². The van der Waals surface area contributed by atoms with E-state index in [2.05, 4.69) is 116 Å². The molecule has 50 heavy (non-hydrogen) atoms. The summed E-state index contributed by atoms with van der Waals surface area (Å²) in [4.78, 5) is 9.60. The van der Waals surface area contributed by atoms with Gasteiger partial charge in [-0.2, -0.15) is 0 Å². The predicted octanol–water partition coefficient (Wildman–Crippen LogP) is 11.2. The van der Waals surface area contributed by atoms with E-state index in [0.29, 0.717) is 0 Å². The smallest absolute Gasteiger partial charge is 0.120 e. The summed E-state index contributed by atoms with van der Waals surface area (Å²) in [7, 11) is -1.29. The van der Waals surface area contributed by atoms with Gasteiger partial charge in [0.2, 0.25) is 0 Å². The van der Waals surface area contributed by atoms with Crippen LogP contribution in [0.15, 0.2) is 120 Å². The van der Waals surface area contributed by atoms with Gasteiger partial charge in [0.15, 0.2) is 0 Å². The molecule has 0 atom stereocenters. The van der Waals surface area contributed by atoms with Gasteiger partial charge in [-0.15, -0.1) is 53.6 Å². The van der Waals surface area contributed by atoms with Gasteiger partial charge in [-0.05, 0) is 54.1 Å². The number of hydrogen-bond donors (Lipinski definition) is 0. The van der Waals surface area contributed by atoms with E-state index in [1.54, 1.807) is 0 Å². The molecule has 6 heteroatoms. The maximum atomic E-state index is 8.01. The number of pyridine rings is 1. The van der Waals surface area contributed by atoms with Crippen molar-refractivity contribution in [2.45, 2.75) is 53.2 Å². The van der Waals surface area contributed by atoms with E-state index >= 15 is 0 Å². The molecule has 0 fully saturated rings. The SMILES string of the molecule is Cc1cccc(C)c1-n1c(-c2[c-]ccc3c2oc2ccccc23)nc2ccccc21.[2H]C(C)(C)c1c[c-]c(-c2ccc([Si](C)(C)C)cn2)cc1.[Ir]. The number of benzene rings is 5. The molecule has 5 aromatic carbocycles. The average molecular weight is 849 g/mol. The van der Waals surface area contributed by atoms with E-state index in [0.717, 1.165) is 66.9 Å². The number of para-hydroxylation sites is 4. The van der Waals surface area contributed by atoms with E-state index in [1.165, 1.54) is 16.3 Å². The van der Waals surface area contributed by atoms with Gasteiger partial charge < -0.3 is 14.0 Å². The third kappa shape index (κ3) is 6.76. The molecule has 0 bridgehead atoms. The molecule has 0 N–H and O–H groups in total. The molecule has 253 valence electrons. The first-order chi connectivity index (χ1) is 23.9. The van der Waals surface area contributed by atoms with E-state index in [-0.39, 0.29) is 20.1 Å². The molecule has 3 heterocycles. The van der Waals surface area contributed by atoms with E-state index in [9.17, 15) is 0 Å². The summed E-state index contributed by atoms with van der Waals surface area (Å²) in [5, 5.41) is 3.56. The number of hydrogen-bond acceptors (Lipinski definition) is 3. The van der Waals surface area contributed by atoms with Crippen molar-refractivity contribution in [1.29, 1.82) is 0 Å². The molecule has 0 aliphatic carbocycles. The quantitative estimate of drug-likeness (QED) is 0.128. The van der Waals surface area contributed by atoms with Crippen molar-refractivity contribution in [3.63, 3.8) is 0 Å². The third-order valence-electron chi connectivity index (χ3n) is 9.08. The fourth-order valence-corrected chi connectivity index (χ4v) is 7.36. The Hall–Kier alpha value is -4.61. The summed E-state index contributed by atoms with van der Waals surface area (Å²) in [6.45, 7) is 15.0. The van der Waals surface area contributed by atoms with Crippen molar-refractivity contribution in [2.75, 3.05) is 0 Å². The summed E-state index contributed by atoms with van der Waals surface area (Å²) < 4.78 is 16.6. The van der Waals surface area contributed by atoms with Crippen LogP contribution in [0.4, 0.5) is 0 Å². The molecule has 4 nitrogen and oxygen atoms in total. The van der Waals surface area contributed by atoms with Crippen LogP contribution in [0.25, 0.3) is 61.3 Å². The molecule has 0 aliphatic rings. The van der Waals surface area contributed by atoms with E-state index in [4.69, 9.17) is 10.8 Å². The summed E-state index contributed by atoms with van der Waals surface area (Å²) >= 11 is 0. The fourth-order valence-electron chi connectivity index (χ4n) is 6.33. The second-order valence-electron chi connectivity index (χ2n) is 13.9. The van der Waals surface area contributed by atoms with Crippen LogP contribution in [0.3, 0.4) is 0 Å². The first-order valence-corrected chi connectivity index (χ1v) is 20.3. The topological polar surface area (TPSA) is 43.9 Å².